The number of amides is 1. The number of carbonyl (C=O) groups is 1. The van der Waals surface area contributed by atoms with E-state index in [2.05, 4.69) is 5.32 Å². The Morgan fingerprint density at radius 2 is 2.07 bits per heavy atom. The van der Waals surface area contributed by atoms with Gasteiger partial charge in [0.1, 0.15) is 0 Å². The summed E-state index contributed by atoms with van der Waals surface area (Å²) < 4.78 is 0. The number of hydrogen-bond donors (Lipinski definition) is 1. The van der Waals surface area contributed by atoms with Crippen LogP contribution in [-0.4, -0.2) is 49.5 Å². The zero-order valence-corrected chi connectivity index (χ0v) is 11.1. The van der Waals surface area contributed by atoms with E-state index >= 15 is 0 Å². The molecule has 1 aliphatic rings. The molecule has 0 unspecified atom stereocenters. The van der Waals surface area contributed by atoms with E-state index in [1.54, 1.807) is 0 Å². The van der Waals surface area contributed by atoms with E-state index in [4.69, 9.17) is 0 Å². The van der Waals surface area contributed by atoms with E-state index in [0.29, 0.717) is 5.91 Å². The Bertz CT molecular complexity index is 186. The Kier molecular flexibility index (Phi) is 8.29. The van der Waals surface area contributed by atoms with Crippen molar-refractivity contribution >= 4 is 30.1 Å². The molecule has 0 aliphatic carbocycles. The van der Waals surface area contributed by atoms with Crippen LogP contribution in [0.3, 0.4) is 0 Å². The predicted octanol–water partition coefficient (Wildman–Crippen LogP) is 1.23. The van der Waals surface area contributed by atoms with Crippen molar-refractivity contribution in [2.75, 3.05) is 38.7 Å². The van der Waals surface area contributed by atoms with Gasteiger partial charge in [-0.15, -0.1) is 12.4 Å². The maximum Gasteiger partial charge on any atom is 0.225 e. The van der Waals surface area contributed by atoms with Crippen molar-refractivity contribution in [2.24, 2.45) is 5.92 Å². The van der Waals surface area contributed by atoms with E-state index in [-0.39, 0.29) is 18.3 Å². The highest BCUT2D eigenvalue weighted by molar-refractivity contribution is 7.99. The average Bonchev–Trinajstić information content (AvgIpc) is 2.26. The normalized spacial score (nSPS) is 16.9. The molecule has 0 aromatic heterocycles. The van der Waals surface area contributed by atoms with Crippen molar-refractivity contribution < 1.29 is 4.79 Å². The van der Waals surface area contributed by atoms with Gasteiger partial charge in [-0.25, -0.2) is 0 Å². The third kappa shape index (κ3) is 5.09. The summed E-state index contributed by atoms with van der Waals surface area (Å²) >= 11 is 1.96. The maximum atomic E-state index is 11.9. The largest absolute Gasteiger partial charge is 0.344 e. The molecule has 0 bridgehead atoms. The maximum absolute atomic E-state index is 11.9. The second-order valence-electron chi connectivity index (χ2n) is 3.75. The fourth-order valence-electron chi connectivity index (χ4n) is 1.65. The average molecular weight is 253 g/mol. The molecule has 0 aromatic carbocycles. The van der Waals surface area contributed by atoms with Gasteiger partial charge in [-0.3, -0.25) is 4.79 Å². The summed E-state index contributed by atoms with van der Waals surface area (Å²) in [4.78, 5) is 13.8. The number of thioether (sulfide) groups is 1. The zero-order valence-electron chi connectivity index (χ0n) is 9.49. The minimum Gasteiger partial charge on any atom is -0.344 e. The van der Waals surface area contributed by atoms with Crippen LogP contribution in [0.4, 0.5) is 0 Å². The molecular weight excluding hydrogens is 232 g/mol. The van der Waals surface area contributed by atoms with Crippen molar-refractivity contribution in [3.63, 3.8) is 0 Å². The molecule has 1 fully saturated rings. The van der Waals surface area contributed by atoms with Gasteiger partial charge in [0, 0.05) is 26.1 Å². The van der Waals surface area contributed by atoms with E-state index in [9.17, 15) is 4.79 Å². The first kappa shape index (κ1) is 15.1. The van der Waals surface area contributed by atoms with E-state index in [0.717, 1.165) is 37.4 Å². The number of carbonyl (C=O) groups excluding carboxylic acids is 1. The highest BCUT2D eigenvalue weighted by atomic mass is 35.5. The van der Waals surface area contributed by atoms with Crippen molar-refractivity contribution in [3.8, 4) is 0 Å². The van der Waals surface area contributed by atoms with Crippen molar-refractivity contribution in [1.29, 1.82) is 0 Å². The lowest BCUT2D eigenvalue weighted by molar-refractivity contribution is -0.134. The Morgan fingerprint density at radius 1 is 1.47 bits per heavy atom. The lowest BCUT2D eigenvalue weighted by atomic mass is 10.0. The molecule has 1 amide bonds. The minimum absolute atomic E-state index is 0. The second-order valence-corrected chi connectivity index (χ2v) is 4.97. The van der Waals surface area contributed by atoms with Crippen molar-refractivity contribution in [3.05, 3.63) is 0 Å². The summed E-state index contributed by atoms with van der Waals surface area (Å²) in [6.45, 7) is 1.70. The van der Waals surface area contributed by atoms with E-state index in [1.807, 2.05) is 30.8 Å². The fraction of sp³-hybridized carbons (Fsp3) is 0.900. The van der Waals surface area contributed by atoms with Gasteiger partial charge < -0.3 is 10.2 Å². The van der Waals surface area contributed by atoms with Crippen LogP contribution in [0.5, 0.6) is 0 Å². The quantitative estimate of drug-likeness (QED) is 0.817. The Hall–Kier alpha value is 0.0700. The molecule has 0 atom stereocenters. The number of nitrogens with zero attached hydrogens (tertiary/aromatic N) is 1. The van der Waals surface area contributed by atoms with Crippen LogP contribution < -0.4 is 5.32 Å². The van der Waals surface area contributed by atoms with Gasteiger partial charge in [-0.1, -0.05) is 0 Å². The first-order chi connectivity index (χ1) is 6.75. The van der Waals surface area contributed by atoms with Gasteiger partial charge in [0.2, 0.25) is 5.91 Å². The molecular formula is C10H21ClN2OS. The van der Waals surface area contributed by atoms with E-state index in [1.165, 1.54) is 0 Å². The molecule has 1 rings (SSSR count). The number of nitrogens with one attached hydrogen (secondary N) is 1. The Morgan fingerprint density at radius 3 is 2.60 bits per heavy atom. The minimum atomic E-state index is 0. The number of halogens is 1. The highest BCUT2D eigenvalue weighted by Gasteiger charge is 2.23. The summed E-state index contributed by atoms with van der Waals surface area (Å²) in [7, 11) is 3.82. The lowest BCUT2D eigenvalue weighted by Gasteiger charge is -2.26. The monoisotopic (exact) mass is 252 g/mol. The SMILES string of the molecule is CNCCN(C)C(=O)C1CCSCC1.Cl. The van der Waals surface area contributed by atoms with Gasteiger partial charge in [0.15, 0.2) is 0 Å². The number of hydrogen-bond acceptors (Lipinski definition) is 3. The molecule has 3 nitrogen and oxygen atoms in total. The molecule has 0 radical (unpaired) electrons. The van der Waals surface area contributed by atoms with Crippen LogP contribution in [0.15, 0.2) is 0 Å². The van der Waals surface area contributed by atoms with Crippen molar-refractivity contribution in [1.82, 2.24) is 10.2 Å². The summed E-state index contributed by atoms with van der Waals surface area (Å²) in [5.74, 6) is 2.92. The fourth-order valence-corrected chi connectivity index (χ4v) is 2.75. The Balaban J connectivity index is 0.00000196. The summed E-state index contributed by atoms with van der Waals surface area (Å²) in [5, 5.41) is 3.06. The molecule has 15 heavy (non-hydrogen) atoms. The van der Waals surface area contributed by atoms with Gasteiger partial charge in [0.05, 0.1) is 0 Å². The summed E-state index contributed by atoms with van der Waals surface area (Å²) in [6.07, 6.45) is 2.13. The van der Waals surface area contributed by atoms with E-state index < -0.39 is 0 Å². The third-order valence-corrected chi connectivity index (χ3v) is 3.69. The molecule has 5 heteroatoms. The van der Waals surface area contributed by atoms with Crippen LogP contribution in [-0.2, 0) is 4.79 Å². The molecule has 0 aromatic rings. The van der Waals surface area contributed by atoms with Crippen molar-refractivity contribution in [2.45, 2.75) is 12.8 Å². The van der Waals surface area contributed by atoms with Gasteiger partial charge in [0.25, 0.3) is 0 Å². The molecule has 0 spiro atoms. The van der Waals surface area contributed by atoms with Crippen LogP contribution >= 0.6 is 24.2 Å². The van der Waals surface area contributed by atoms with Gasteiger partial charge in [-0.2, -0.15) is 11.8 Å². The summed E-state index contributed by atoms with van der Waals surface area (Å²) in [6, 6.07) is 0. The molecule has 0 saturated carbocycles. The first-order valence-electron chi connectivity index (χ1n) is 5.23. The number of rotatable bonds is 4. The Labute approximate surface area is 103 Å². The smallest absolute Gasteiger partial charge is 0.225 e. The zero-order chi connectivity index (χ0) is 10.4. The number of likely N-dealkylation sites (N-methyl/N-ethyl adjacent to an activating group) is 2. The summed E-state index contributed by atoms with van der Waals surface area (Å²) in [5.41, 5.74) is 0. The second kappa shape index (κ2) is 8.25. The molecule has 1 aliphatic heterocycles. The highest BCUT2D eigenvalue weighted by Crippen LogP contribution is 2.23. The predicted molar refractivity (Wildman–Crippen MR) is 68.9 cm³/mol. The van der Waals surface area contributed by atoms with Crippen LogP contribution in [0.2, 0.25) is 0 Å². The van der Waals surface area contributed by atoms with Gasteiger partial charge >= 0.3 is 0 Å². The topological polar surface area (TPSA) is 32.3 Å². The molecule has 1 N–H and O–H groups in total. The van der Waals surface area contributed by atoms with Crippen LogP contribution in [0.1, 0.15) is 12.8 Å². The molecule has 90 valence electrons. The van der Waals surface area contributed by atoms with Crippen LogP contribution in [0.25, 0.3) is 0 Å². The standard InChI is InChI=1S/C10H20N2OS.ClH/c1-11-5-6-12(2)10(13)9-3-7-14-8-4-9;/h9,11H,3-8H2,1-2H3;1H. The first-order valence-corrected chi connectivity index (χ1v) is 6.38. The van der Waals surface area contributed by atoms with Gasteiger partial charge in [-0.05, 0) is 31.4 Å². The van der Waals surface area contributed by atoms with Crippen LogP contribution in [0, 0.1) is 5.92 Å². The molecule has 1 heterocycles. The molecule has 1 saturated heterocycles. The lowest BCUT2D eigenvalue weighted by Crippen LogP contribution is -2.38. The third-order valence-electron chi connectivity index (χ3n) is 2.64.